The van der Waals surface area contributed by atoms with Crippen LogP contribution in [0, 0.1) is 17.5 Å². The molecule has 0 amide bonds. The molecule has 6 nitrogen and oxygen atoms in total. The molecule has 0 spiro atoms. The first kappa shape index (κ1) is 26.2. The number of hydrogen-bond acceptors (Lipinski definition) is 4. The molecular weight excluding hydrogens is 382 g/mol. The van der Waals surface area contributed by atoms with Gasteiger partial charge in [-0.1, -0.05) is 24.3 Å². The van der Waals surface area contributed by atoms with Gasteiger partial charge in [0.15, 0.2) is 0 Å². The van der Waals surface area contributed by atoms with Crippen molar-refractivity contribution >= 4 is 0 Å². The van der Waals surface area contributed by atoms with Gasteiger partial charge in [-0.3, -0.25) is 0 Å². The zero-order valence-electron chi connectivity index (χ0n) is 13.0. The normalized spacial score (nSPS) is 17.9. The Bertz CT molecular complexity index is 262. The number of aliphatic hydroxyl groups is 2. The van der Waals surface area contributed by atoms with Crippen LogP contribution in [0.5, 0.6) is 0 Å². The van der Waals surface area contributed by atoms with Crippen molar-refractivity contribution in [3.63, 3.8) is 0 Å². The van der Waals surface area contributed by atoms with E-state index >= 15 is 0 Å². The Morgan fingerprint density at radius 1 is 0.818 bits per heavy atom. The molecule has 0 radical (unpaired) electrons. The number of allylic oxidation sites excluding steroid dienone is 4. The van der Waals surface area contributed by atoms with Crippen LogP contribution in [0.1, 0.15) is 51.4 Å². The minimum Gasteiger partial charge on any atom is -0.393 e. The monoisotopic (exact) mass is 409 g/mol. The van der Waals surface area contributed by atoms with Crippen LogP contribution in [0.15, 0.2) is 24.3 Å². The molecular formula is C15H28AgNO5. The van der Waals surface area contributed by atoms with Crippen molar-refractivity contribution in [3.8, 4) is 0 Å². The van der Waals surface area contributed by atoms with Crippen molar-refractivity contribution in [2.45, 2.75) is 63.6 Å². The van der Waals surface area contributed by atoms with E-state index in [0.29, 0.717) is 0 Å². The third kappa shape index (κ3) is 21.6. The molecule has 22 heavy (non-hydrogen) atoms. The minimum absolute atomic E-state index is 0. The van der Waals surface area contributed by atoms with Gasteiger partial charge in [-0.25, -0.2) is 0 Å². The van der Waals surface area contributed by atoms with E-state index in [9.17, 15) is 0 Å². The summed E-state index contributed by atoms with van der Waals surface area (Å²) in [4.78, 5) is 8.36. The summed E-state index contributed by atoms with van der Waals surface area (Å²) in [6.07, 6.45) is 16.6. The van der Waals surface area contributed by atoms with Gasteiger partial charge in [0.05, 0.1) is 12.2 Å². The second-order valence-corrected chi connectivity index (χ2v) is 4.80. The first-order chi connectivity index (χ1) is 9.52. The van der Waals surface area contributed by atoms with E-state index in [1.165, 1.54) is 0 Å². The Labute approximate surface area is 148 Å². The number of aliphatic hydroxyl groups excluding tert-OH is 2. The van der Waals surface area contributed by atoms with Gasteiger partial charge in [-0.15, -0.1) is 10.1 Å². The maximum absolute atomic E-state index is 9.05. The molecule has 2 aliphatic carbocycles. The zero-order valence-corrected chi connectivity index (χ0v) is 14.5. The largest absolute Gasteiger partial charge is 1.00 e. The summed E-state index contributed by atoms with van der Waals surface area (Å²) in [6, 6.07) is 0. The molecule has 134 valence electrons. The second-order valence-electron chi connectivity index (χ2n) is 4.80. The second kappa shape index (κ2) is 18.4. The Kier molecular flexibility index (Phi) is 21.9. The van der Waals surface area contributed by atoms with E-state index in [1.807, 2.05) is 0 Å². The van der Waals surface area contributed by atoms with Crippen LogP contribution in [0.25, 0.3) is 0 Å². The summed E-state index contributed by atoms with van der Waals surface area (Å²) in [5.41, 5.74) is 0. The van der Waals surface area contributed by atoms with Gasteiger partial charge in [-0.2, -0.15) is 0 Å². The maximum Gasteiger partial charge on any atom is 1.00 e. The molecule has 2 aliphatic rings. The smallest absolute Gasteiger partial charge is 0.393 e. The van der Waals surface area contributed by atoms with Crippen LogP contribution >= 0.6 is 0 Å². The van der Waals surface area contributed by atoms with Gasteiger partial charge in [-0.05, 0) is 51.4 Å². The van der Waals surface area contributed by atoms with Crippen molar-refractivity contribution in [1.82, 2.24) is 0 Å². The van der Waals surface area contributed by atoms with Crippen molar-refractivity contribution < 1.29 is 42.9 Å². The molecule has 3 N–H and O–H groups in total. The van der Waals surface area contributed by atoms with Crippen LogP contribution in [-0.2, 0) is 22.4 Å². The molecule has 0 aromatic rings. The van der Waals surface area contributed by atoms with E-state index in [4.69, 9.17) is 25.5 Å². The molecule has 0 bridgehead atoms. The summed E-state index contributed by atoms with van der Waals surface area (Å²) in [6.45, 7) is 0. The summed E-state index contributed by atoms with van der Waals surface area (Å²) < 4.78 is 0. The fraction of sp³-hybridized carbons (Fsp3) is 0.667. The van der Waals surface area contributed by atoms with Gasteiger partial charge in [0, 0.05) is 0 Å². The average molecular weight is 410 g/mol. The van der Waals surface area contributed by atoms with Crippen molar-refractivity contribution in [1.29, 1.82) is 0 Å². The quantitative estimate of drug-likeness (QED) is 0.187. The van der Waals surface area contributed by atoms with Gasteiger partial charge in [0.1, 0.15) is 0 Å². The van der Waals surface area contributed by atoms with Gasteiger partial charge >= 0.3 is 22.4 Å². The minimum atomic E-state index is -1.50. The topological polar surface area (TPSA) is 104 Å². The molecule has 0 aliphatic heterocycles. The summed E-state index contributed by atoms with van der Waals surface area (Å²) in [7, 11) is 0. The molecule has 0 aromatic heterocycles. The van der Waals surface area contributed by atoms with E-state index in [1.54, 1.807) is 0 Å². The Morgan fingerprint density at radius 3 is 1.18 bits per heavy atom. The molecule has 2 rings (SSSR count). The predicted octanol–water partition coefficient (Wildman–Crippen LogP) is 3.06. The SMILES string of the molecule is O=[N+]([O-])O.OC1CCC=CCC1.OC1CCC=CCC1.[Ag+].[CH3-]. The summed E-state index contributed by atoms with van der Waals surface area (Å²) >= 11 is 0. The molecule has 0 aromatic carbocycles. The molecule has 0 saturated heterocycles. The van der Waals surface area contributed by atoms with Gasteiger partial charge in [0.25, 0.3) is 5.09 Å². The molecule has 0 atom stereocenters. The van der Waals surface area contributed by atoms with Crippen LogP contribution in [0.4, 0.5) is 0 Å². The van der Waals surface area contributed by atoms with E-state index in [-0.39, 0.29) is 42.0 Å². The first-order valence-corrected chi connectivity index (χ1v) is 7.01. The number of hydrogen-bond donors (Lipinski definition) is 3. The van der Waals surface area contributed by atoms with Crippen LogP contribution in [-0.4, -0.2) is 32.7 Å². The third-order valence-electron chi connectivity index (χ3n) is 3.00. The maximum atomic E-state index is 9.05. The van der Waals surface area contributed by atoms with E-state index < -0.39 is 5.09 Å². The van der Waals surface area contributed by atoms with E-state index in [0.717, 1.165) is 51.4 Å². The Balaban J connectivity index is -0.000000249. The molecule has 7 heteroatoms. The van der Waals surface area contributed by atoms with Gasteiger partial charge in [0.2, 0.25) is 0 Å². The Morgan fingerprint density at radius 2 is 1.00 bits per heavy atom. The summed E-state index contributed by atoms with van der Waals surface area (Å²) in [5, 5.41) is 31.7. The molecule has 0 saturated carbocycles. The Hall–Kier alpha value is -0.660. The predicted molar refractivity (Wildman–Crippen MR) is 82.4 cm³/mol. The fourth-order valence-electron chi connectivity index (χ4n) is 1.91. The first-order valence-electron chi connectivity index (χ1n) is 7.01. The molecule has 0 heterocycles. The zero-order chi connectivity index (χ0) is 15.2. The van der Waals surface area contributed by atoms with Crippen molar-refractivity contribution in [2.24, 2.45) is 0 Å². The van der Waals surface area contributed by atoms with Crippen LogP contribution in [0.2, 0.25) is 0 Å². The number of nitrogens with zero attached hydrogens (tertiary/aromatic N) is 1. The van der Waals surface area contributed by atoms with Crippen molar-refractivity contribution in [2.75, 3.05) is 0 Å². The molecule has 0 fully saturated rings. The third-order valence-corrected chi connectivity index (χ3v) is 3.00. The van der Waals surface area contributed by atoms with Crippen molar-refractivity contribution in [3.05, 3.63) is 41.8 Å². The standard InChI is InChI=1S/2C7H12O.CH3.Ag.HNO3/c2*8-7-5-3-1-2-4-6-7;;;2-1(3)4/h2*1-2,7-8H,3-6H2;1H3;;(H,2,3,4)/q;;-1;+1;. The molecule has 0 unspecified atom stereocenters. The van der Waals surface area contributed by atoms with Crippen LogP contribution < -0.4 is 0 Å². The van der Waals surface area contributed by atoms with E-state index in [2.05, 4.69) is 24.3 Å². The number of rotatable bonds is 0. The average Bonchev–Trinajstić information content (AvgIpc) is 2.74. The fourth-order valence-corrected chi connectivity index (χ4v) is 1.91. The summed E-state index contributed by atoms with van der Waals surface area (Å²) in [5.74, 6) is 0. The van der Waals surface area contributed by atoms with Crippen LogP contribution in [0.3, 0.4) is 0 Å². The van der Waals surface area contributed by atoms with Gasteiger partial charge < -0.3 is 22.8 Å².